The van der Waals surface area contributed by atoms with E-state index in [0.717, 1.165) is 24.1 Å². The zero-order valence-corrected chi connectivity index (χ0v) is 12.8. The predicted molar refractivity (Wildman–Crippen MR) is 75.7 cm³/mol. The van der Waals surface area contributed by atoms with E-state index in [-0.39, 0.29) is 0 Å². The highest BCUT2D eigenvalue weighted by molar-refractivity contribution is 7.99. The fourth-order valence-corrected chi connectivity index (χ4v) is 3.42. The van der Waals surface area contributed by atoms with E-state index in [1.165, 1.54) is 24.6 Å². The lowest BCUT2D eigenvalue weighted by Crippen LogP contribution is -2.08. The quantitative estimate of drug-likeness (QED) is 0.858. The summed E-state index contributed by atoms with van der Waals surface area (Å²) in [7, 11) is 0. The molecule has 2 heterocycles. The number of nitrogens with zero attached hydrogens (tertiary/aromatic N) is 7. The lowest BCUT2D eigenvalue weighted by atomic mass is 10.1. The topological polar surface area (TPSA) is 93.2 Å². The maximum atomic E-state index is 9.34. The molecule has 0 radical (unpaired) electrons. The van der Waals surface area contributed by atoms with Gasteiger partial charge in [0, 0.05) is 0 Å². The van der Waals surface area contributed by atoms with Crippen LogP contribution in [-0.2, 0) is 0 Å². The van der Waals surface area contributed by atoms with Crippen molar-refractivity contribution < 1.29 is 0 Å². The first-order valence-electron chi connectivity index (χ1n) is 6.90. The number of rotatable bonds is 3. The molecular weight excluding hydrogens is 286 g/mol. The van der Waals surface area contributed by atoms with Gasteiger partial charge in [-0.05, 0) is 54.4 Å². The van der Waals surface area contributed by atoms with E-state index in [1.807, 2.05) is 18.5 Å². The number of aromatic nitrogens is 6. The summed E-state index contributed by atoms with van der Waals surface area (Å²) in [5.74, 6) is 0. The molecule has 1 aliphatic rings. The van der Waals surface area contributed by atoms with E-state index in [4.69, 9.17) is 0 Å². The summed E-state index contributed by atoms with van der Waals surface area (Å²) >= 11 is 1.31. The van der Waals surface area contributed by atoms with Gasteiger partial charge in [-0.3, -0.25) is 0 Å². The van der Waals surface area contributed by atoms with Crippen LogP contribution in [0.1, 0.15) is 48.5 Å². The Labute approximate surface area is 126 Å². The van der Waals surface area contributed by atoms with Gasteiger partial charge in [-0.2, -0.15) is 10.4 Å². The van der Waals surface area contributed by atoms with Crippen LogP contribution >= 0.6 is 11.8 Å². The smallest absolute Gasteiger partial charge is 0.215 e. The van der Waals surface area contributed by atoms with Crippen molar-refractivity contribution in [3.63, 3.8) is 0 Å². The third kappa shape index (κ3) is 2.61. The van der Waals surface area contributed by atoms with Gasteiger partial charge in [-0.15, -0.1) is 10.2 Å². The Kier molecular flexibility index (Phi) is 3.84. The van der Waals surface area contributed by atoms with Gasteiger partial charge in [0.1, 0.15) is 11.1 Å². The summed E-state index contributed by atoms with van der Waals surface area (Å²) in [4.78, 5) is 0. The van der Waals surface area contributed by atoms with Gasteiger partial charge < -0.3 is 0 Å². The van der Waals surface area contributed by atoms with Crippen molar-refractivity contribution in [2.75, 3.05) is 0 Å². The molecule has 3 rings (SSSR count). The van der Waals surface area contributed by atoms with Gasteiger partial charge in [0.15, 0.2) is 0 Å². The van der Waals surface area contributed by atoms with Crippen LogP contribution in [-0.4, -0.2) is 30.4 Å². The molecular formula is C13H15N7S. The maximum absolute atomic E-state index is 9.34. The minimum Gasteiger partial charge on any atom is -0.217 e. The zero-order chi connectivity index (χ0) is 14.8. The Bertz CT molecular complexity index is 697. The minimum absolute atomic E-state index is 0.354. The van der Waals surface area contributed by atoms with Crippen molar-refractivity contribution in [1.29, 1.82) is 5.26 Å². The Hall–Kier alpha value is -2.01. The number of aryl methyl sites for hydroxylation is 1. The fraction of sp³-hybridized carbons (Fsp3) is 0.538. The number of nitriles is 1. The molecule has 1 fully saturated rings. The van der Waals surface area contributed by atoms with Crippen molar-refractivity contribution in [3.05, 3.63) is 16.8 Å². The molecule has 2 aromatic heterocycles. The Balaban J connectivity index is 1.93. The summed E-state index contributed by atoms with van der Waals surface area (Å²) in [6.07, 6.45) is 4.62. The molecule has 21 heavy (non-hydrogen) atoms. The van der Waals surface area contributed by atoms with Gasteiger partial charge in [0.2, 0.25) is 5.16 Å². The highest BCUT2D eigenvalue weighted by atomic mass is 32.2. The van der Waals surface area contributed by atoms with Crippen LogP contribution in [0.3, 0.4) is 0 Å². The lowest BCUT2D eigenvalue weighted by Gasteiger charge is -2.11. The molecule has 8 heteroatoms. The Morgan fingerprint density at radius 3 is 2.67 bits per heavy atom. The van der Waals surface area contributed by atoms with Crippen LogP contribution in [0.4, 0.5) is 0 Å². The van der Waals surface area contributed by atoms with Gasteiger partial charge in [-0.25, -0.2) is 4.68 Å². The molecule has 0 unspecified atom stereocenters. The van der Waals surface area contributed by atoms with Crippen LogP contribution in [0, 0.1) is 25.2 Å². The molecule has 1 aliphatic carbocycles. The van der Waals surface area contributed by atoms with Crippen LogP contribution in [0.15, 0.2) is 10.2 Å². The van der Waals surface area contributed by atoms with E-state index < -0.39 is 0 Å². The van der Waals surface area contributed by atoms with Crippen molar-refractivity contribution >= 4 is 11.8 Å². The normalized spacial score (nSPS) is 15.3. The molecule has 108 valence electrons. The largest absolute Gasteiger partial charge is 0.217 e. The van der Waals surface area contributed by atoms with E-state index in [2.05, 4.69) is 31.8 Å². The van der Waals surface area contributed by atoms with E-state index in [9.17, 15) is 5.26 Å². The maximum Gasteiger partial charge on any atom is 0.215 e. The highest BCUT2D eigenvalue weighted by Gasteiger charge is 2.23. The monoisotopic (exact) mass is 301 g/mol. The van der Waals surface area contributed by atoms with Crippen LogP contribution in [0.25, 0.3) is 0 Å². The number of hydrogen-bond acceptors (Lipinski definition) is 7. The van der Waals surface area contributed by atoms with Crippen LogP contribution < -0.4 is 0 Å². The van der Waals surface area contributed by atoms with Crippen LogP contribution in [0.2, 0.25) is 0 Å². The Morgan fingerprint density at radius 1 is 1.19 bits per heavy atom. The fourth-order valence-electron chi connectivity index (χ4n) is 2.51. The molecule has 1 saturated carbocycles. The molecule has 2 aromatic rings. The molecule has 0 N–H and O–H groups in total. The average Bonchev–Trinajstić information content (AvgIpc) is 3.14. The second-order valence-corrected chi connectivity index (χ2v) is 6.10. The van der Waals surface area contributed by atoms with E-state index in [0.29, 0.717) is 21.8 Å². The number of hydrogen-bond donors (Lipinski definition) is 0. The summed E-state index contributed by atoms with van der Waals surface area (Å²) in [6, 6.07) is 2.56. The first-order chi connectivity index (χ1) is 10.2. The summed E-state index contributed by atoms with van der Waals surface area (Å²) in [5.41, 5.74) is 2.18. The van der Waals surface area contributed by atoms with Crippen molar-refractivity contribution in [2.24, 2.45) is 0 Å². The highest BCUT2D eigenvalue weighted by Crippen LogP contribution is 2.34. The van der Waals surface area contributed by atoms with E-state index >= 15 is 0 Å². The lowest BCUT2D eigenvalue weighted by molar-refractivity contribution is 0.423. The van der Waals surface area contributed by atoms with Crippen molar-refractivity contribution in [3.8, 4) is 6.07 Å². The molecule has 0 bridgehead atoms. The predicted octanol–water partition coefficient (Wildman–Crippen LogP) is 2.22. The molecule has 0 aromatic carbocycles. The molecule has 0 amide bonds. The molecule has 0 saturated heterocycles. The molecule has 0 atom stereocenters. The molecule has 7 nitrogen and oxygen atoms in total. The number of tetrazole rings is 1. The standard InChI is InChI=1S/C13H15N7S/c1-8-9(2)15-16-12(11(8)7-14)21-13-17-18-19-20(13)10-5-3-4-6-10/h10H,3-6H2,1-2H3. The van der Waals surface area contributed by atoms with Gasteiger partial charge in [0.25, 0.3) is 0 Å². The first-order valence-corrected chi connectivity index (χ1v) is 7.72. The zero-order valence-electron chi connectivity index (χ0n) is 11.9. The second-order valence-electron chi connectivity index (χ2n) is 5.15. The SMILES string of the molecule is Cc1nnc(Sc2nnnn2C2CCCC2)c(C#N)c1C. The summed E-state index contributed by atoms with van der Waals surface area (Å²) < 4.78 is 1.86. The summed E-state index contributed by atoms with van der Waals surface area (Å²) in [5, 5.41) is 30.7. The third-order valence-corrected chi connectivity index (χ3v) is 4.79. The average molecular weight is 301 g/mol. The van der Waals surface area contributed by atoms with Crippen LogP contribution in [0.5, 0.6) is 0 Å². The van der Waals surface area contributed by atoms with Gasteiger partial charge in [-0.1, -0.05) is 12.8 Å². The second kappa shape index (κ2) is 5.77. The van der Waals surface area contributed by atoms with Crippen molar-refractivity contribution in [1.82, 2.24) is 30.4 Å². The molecule has 0 aliphatic heterocycles. The first kappa shape index (κ1) is 13.9. The van der Waals surface area contributed by atoms with Gasteiger partial charge in [0.05, 0.1) is 17.3 Å². The van der Waals surface area contributed by atoms with E-state index in [1.54, 1.807) is 0 Å². The third-order valence-electron chi connectivity index (χ3n) is 3.86. The Morgan fingerprint density at radius 2 is 1.95 bits per heavy atom. The van der Waals surface area contributed by atoms with Gasteiger partial charge >= 0.3 is 0 Å². The summed E-state index contributed by atoms with van der Waals surface area (Å²) in [6.45, 7) is 3.73. The van der Waals surface area contributed by atoms with Crippen molar-refractivity contribution in [2.45, 2.75) is 55.8 Å². The molecule has 0 spiro atoms. The minimum atomic E-state index is 0.354.